The fraction of sp³-hybridized carbons (Fsp3) is 0.133. The number of fused-ring (bicyclic) bond motifs is 1. The van der Waals surface area contributed by atoms with Crippen LogP contribution in [0.2, 0.25) is 0 Å². The van der Waals surface area contributed by atoms with Crippen molar-refractivity contribution in [3.05, 3.63) is 65.7 Å². The summed E-state index contributed by atoms with van der Waals surface area (Å²) in [7, 11) is 1.60. The topological polar surface area (TPSA) is 20.3 Å². The first kappa shape index (κ1) is 11.0. The van der Waals surface area contributed by atoms with Gasteiger partial charge in [-0.1, -0.05) is 48.5 Å². The summed E-state index contributed by atoms with van der Waals surface area (Å²) in [4.78, 5) is 13.6. The maximum absolute atomic E-state index is 15.3. The third kappa shape index (κ3) is 1.24. The molecule has 1 heterocycles. The molecule has 1 aliphatic rings. The van der Waals surface area contributed by atoms with Gasteiger partial charge in [-0.3, -0.25) is 4.79 Å². The molecule has 0 saturated carbocycles. The van der Waals surface area contributed by atoms with Crippen LogP contribution in [0.4, 0.5) is 10.1 Å². The first-order valence-electron chi connectivity index (χ1n) is 5.78. The normalized spacial score (nSPS) is 22.1. The SMILES string of the molecule is CN1C(=O)[C@](F)(c2ccccc2)c2ccccc21. The molecule has 2 aromatic rings. The first-order chi connectivity index (χ1) is 8.65. The van der Waals surface area contributed by atoms with Gasteiger partial charge in [-0.15, -0.1) is 0 Å². The van der Waals surface area contributed by atoms with Crippen LogP contribution < -0.4 is 4.90 Å². The van der Waals surface area contributed by atoms with Gasteiger partial charge in [-0.05, 0) is 6.07 Å². The van der Waals surface area contributed by atoms with Crippen LogP contribution in [0.15, 0.2) is 54.6 Å². The van der Waals surface area contributed by atoms with Gasteiger partial charge >= 0.3 is 0 Å². The summed E-state index contributed by atoms with van der Waals surface area (Å²) in [6.45, 7) is 0. The molecule has 1 amide bonds. The molecule has 0 aliphatic carbocycles. The summed E-state index contributed by atoms with van der Waals surface area (Å²) in [6, 6.07) is 15.6. The fourth-order valence-corrected chi connectivity index (χ4v) is 2.46. The summed E-state index contributed by atoms with van der Waals surface area (Å²) in [5.41, 5.74) is -0.628. The van der Waals surface area contributed by atoms with E-state index in [1.54, 1.807) is 55.6 Å². The second-order valence-electron chi connectivity index (χ2n) is 4.41. The van der Waals surface area contributed by atoms with Crippen molar-refractivity contribution in [2.75, 3.05) is 11.9 Å². The van der Waals surface area contributed by atoms with E-state index in [2.05, 4.69) is 0 Å². The molecule has 0 N–H and O–H groups in total. The minimum Gasteiger partial charge on any atom is -0.312 e. The zero-order valence-corrected chi connectivity index (χ0v) is 9.93. The number of anilines is 1. The van der Waals surface area contributed by atoms with Crippen molar-refractivity contribution in [1.29, 1.82) is 0 Å². The fourth-order valence-electron chi connectivity index (χ4n) is 2.46. The lowest BCUT2D eigenvalue weighted by molar-refractivity contribution is -0.126. The highest BCUT2D eigenvalue weighted by molar-refractivity contribution is 6.08. The van der Waals surface area contributed by atoms with E-state index >= 15 is 4.39 Å². The van der Waals surface area contributed by atoms with E-state index in [1.165, 1.54) is 4.90 Å². The smallest absolute Gasteiger partial charge is 0.273 e. The molecule has 0 aromatic heterocycles. The van der Waals surface area contributed by atoms with E-state index in [1.807, 2.05) is 6.07 Å². The van der Waals surface area contributed by atoms with Crippen molar-refractivity contribution in [3.63, 3.8) is 0 Å². The number of benzene rings is 2. The summed E-state index contributed by atoms with van der Waals surface area (Å²) in [5, 5.41) is 0. The zero-order chi connectivity index (χ0) is 12.8. The highest BCUT2D eigenvalue weighted by Crippen LogP contribution is 2.46. The van der Waals surface area contributed by atoms with E-state index in [0.29, 0.717) is 16.8 Å². The average Bonchev–Trinajstić information content (AvgIpc) is 2.64. The second kappa shape index (κ2) is 3.67. The van der Waals surface area contributed by atoms with Gasteiger partial charge in [-0.25, -0.2) is 4.39 Å². The van der Waals surface area contributed by atoms with Gasteiger partial charge in [0, 0.05) is 18.2 Å². The van der Waals surface area contributed by atoms with E-state index < -0.39 is 11.6 Å². The van der Waals surface area contributed by atoms with Crippen molar-refractivity contribution < 1.29 is 9.18 Å². The average molecular weight is 241 g/mol. The number of alkyl halides is 1. The number of likely N-dealkylation sites (N-methyl/N-ethyl adjacent to an activating group) is 1. The monoisotopic (exact) mass is 241 g/mol. The number of halogens is 1. The molecule has 0 bridgehead atoms. The van der Waals surface area contributed by atoms with Gasteiger partial charge in [-0.2, -0.15) is 0 Å². The zero-order valence-electron chi connectivity index (χ0n) is 9.93. The molecule has 0 fully saturated rings. The van der Waals surface area contributed by atoms with Crippen LogP contribution in [-0.4, -0.2) is 13.0 Å². The standard InChI is InChI=1S/C15H12FNO/c1-17-13-10-6-5-9-12(13)15(16,14(17)18)11-7-3-2-4-8-11/h2-10H,1H3/t15-/m0/s1. The minimum absolute atomic E-state index is 0.381. The van der Waals surface area contributed by atoms with Crippen molar-refractivity contribution in [3.8, 4) is 0 Å². The Morgan fingerprint density at radius 2 is 1.61 bits per heavy atom. The Kier molecular flexibility index (Phi) is 2.23. The summed E-state index contributed by atoms with van der Waals surface area (Å²) in [6.07, 6.45) is 0. The van der Waals surface area contributed by atoms with Crippen LogP contribution in [0, 0.1) is 0 Å². The highest BCUT2D eigenvalue weighted by Gasteiger charge is 2.51. The van der Waals surface area contributed by atoms with Gasteiger partial charge in [0.1, 0.15) is 0 Å². The summed E-state index contributed by atoms with van der Waals surface area (Å²) >= 11 is 0. The van der Waals surface area contributed by atoms with Gasteiger partial charge in [0.15, 0.2) is 0 Å². The summed E-state index contributed by atoms with van der Waals surface area (Å²) < 4.78 is 15.3. The van der Waals surface area contributed by atoms with Crippen molar-refractivity contribution in [1.82, 2.24) is 0 Å². The maximum atomic E-state index is 15.3. The lowest BCUT2D eigenvalue weighted by Crippen LogP contribution is -2.35. The van der Waals surface area contributed by atoms with Gasteiger partial charge in [0.2, 0.25) is 5.67 Å². The van der Waals surface area contributed by atoms with Gasteiger partial charge in [0.05, 0.1) is 5.69 Å². The van der Waals surface area contributed by atoms with Crippen LogP contribution in [0.25, 0.3) is 0 Å². The Labute approximate surface area is 105 Å². The second-order valence-corrected chi connectivity index (χ2v) is 4.41. The number of amides is 1. The Balaban J connectivity index is 2.27. The molecule has 1 aliphatic heterocycles. The maximum Gasteiger partial charge on any atom is 0.273 e. The lowest BCUT2D eigenvalue weighted by Gasteiger charge is -2.19. The molecule has 2 aromatic carbocycles. The number of para-hydroxylation sites is 1. The van der Waals surface area contributed by atoms with E-state index in [-0.39, 0.29) is 0 Å². The largest absolute Gasteiger partial charge is 0.312 e. The van der Waals surface area contributed by atoms with E-state index in [4.69, 9.17) is 0 Å². The van der Waals surface area contributed by atoms with Crippen molar-refractivity contribution in [2.45, 2.75) is 5.67 Å². The third-order valence-electron chi connectivity index (χ3n) is 3.41. The molecule has 0 unspecified atom stereocenters. The molecule has 90 valence electrons. The van der Waals surface area contributed by atoms with Gasteiger partial charge in [0.25, 0.3) is 5.91 Å². The Morgan fingerprint density at radius 3 is 2.33 bits per heavy atom. The van der Waals surface area contributed by atoms with Crippen LogP contribution in [-0.2, 0) is 10.5 Å². The quantitative estimate of drug-likeness (QED) is 0.751. The van der Waals surface area contributed by atoms with Gasteiger partial charge < -0.3 is 4.90 Å². The third-order valence-corrected chi connectivity index (χ3v) is 3.41. The van der Waals surface area contributed by atoms with Crippen LogP contribution >= 0.6 is 0 Å². The molecule has 18 heavy (non-hydrogen) atoms. The molecular weight excluding hydrogens is 229 g/mol. The molecule has 3 heteroatoms. The molecule has 3 rings (SSSR count). The number of hydrogen-bond donors (Lipinski definition) is 0. The van der Waals surface area contributed by atoms with Crippen LogP contribution in [0.1, 0.15) is 11.1 Å². The molecule has 0 spiro atoms. The van der Waals surface area contributed by atoms with E-state index in [9.17, 15) is 4.79 Å². The minimum atomic E-state index is -2.06. The molecule has 2 nitrogen and oxygen atoms in total. The van der Waals surface area contributed by atoms with Crippen molar-refractivity contribution >= 4 is 11.6 Å². The number of hydrogen-bond acceptors (Lipinski definition) is 1. The van der Waals surface area contributed by atoms with Crippen LogP contribution in [0.3, 0.4) is 0 Å². The lowest BCUT2D eigenvalue weighted by atomic mass is 9.89. The first-order valence-corrected chi connectivity index (χ1v) is 5.78. The number of carbonyl (C=O) groups excluding carboxylic acids is 1. The van der Waals surface area contributed by atoms with Crippen molar-refractivity contribution in [2.24, 2.45) is 0 Å². The van der Waals surface area contributed by atoms with E-state index in [0.717, 1.165) is 0 Å². The molecule has 1 atom stereocenters. The molecular formula is C15H12FNO. The van der Waals surface area contributed by atoms with Crippen LogP contribution in [0.5, 0.6) is 0 Å². The summed E-state index contributed by atoms with van der Waals surface area (Å²) in [5.74, 6) is -0.532. The number of nitrogens with zero attached hydrogens (tertiary/aromatic N) is 1. The number of carbonyl (C=O) groups is 1. The Bertz CT molecular complexity index is 611. The molecule has 0 saturated heterocycles. The highest BCUT2D eigenvalue weighted by atomic mass is 19.1. The Hall–Kier alpha value is -2.16. The predicted octanol–water partition coefficient (Wildman–Crippen LogP) is 2.88. The Morgan fingerprint density at radius 1 is 1.00 bits per heavy atom. The number of rotatable bonds is 1. The molecule has 0 radical (unpaired) electrons. The predicted molar refractivity (Wildman–Crippen MR) is 68.2 cm³/mol.